The van der Waals surface area contributed by atoms with E-state index in [9.17, 15) is 14.4 Å². The fourth-order valence-electron chi connectivity index (χ4n) is 4.58. The zero-order valence-corrected chi connectivity index (χ0v) is 28.0. The molecule has 1 atom stereocenters. The minimum absolute atomic E-state index is 0.218. The van der Waals surface area contributed by atoms with E-state index in [1.807, 2.05) is 43.3 Å². The van der Waals surface area contributed by atoms with Crippen LogP contribution < -0.4 is 19.6 Å². The number of aromatic nitrogens is 1. The van der Waals surface area contributed by atoms with Crippen molar-refractivity contribution in [2.45, 2.75) is 59.4 Å². The van der Waals surface area contributed by atoms with Crippen LogP contribution in [0.3, 0.4) is 0 Å². The van der Waals surface area contributed by atoms with Crippen LogP contribution in [0.4, 0.5) is 0 Å². The summed E-state index contributed by atoms with van der Waals surface area (Å²) in [6.07, 6.45) is 3.09. The molecule has 0 radical (unpaired) electrons. The molecule has 10 heteroatoms. The summed E-state index contributed by atoms with van der Waals surface area (Å²) in [5, 5.41) is 0. The molecule has 0 saturated heterocycles. The van der Waals surface area contributed by atoms with Crippen LogP contribution in [0.5, 0.6) is 5.75 Å². The Balaban J connectivity index is 2.01. The molecular weight excluding hydrogens is 754 g/mol. The summed E-state index contributed by atoms with van der Waals surface area (Å²) in [5.41, 5.74) is 3.35. The van der Waals surface area contributed by atoms with Gasteiger partial charge in [0.1, 0.15) is 0 Å². The van der Waals surface area contributed by atoms with E-state index in [4.69, 9.17) is 14.5 Å². The Labute approximate surface area is 264 Å². The normalized spacial score (nSPS) is 15.2. The number of halogens is 2. The second kappa shape index (κ2) is 13.1. The lowest BCUT2D eigenvalue weighted by molar-refractivity contribution is -0.139. The highest BCUT2D eigenvalue weighted by Gasteiger charge is 2.34. The molecule has 0 spiro atoms. The first-order chi connectivity index (χ1) is 19.0. The Morgan fingerprint density at radius 1 is 1.15 bits per heavy atom. The van der Waals surface area contributed by atoms with Gasteiger partial charge in [0.05, 0.1) is 32.0 Å². The number of benzene rings is 2. The Hall–Kier alpha value is -2.32. The zero-order chi connectivity index (χ0) is 29.1. The van der Waals surface area contributed by atoms with Crippen LogP contribution in [0.25, 0.3) is 6.08 Å². The number of esters is 2. The van der Waals surface area contributed by atoms with E-state index in [-0.39, 0.29) is 12.2 Å². The summed E-state index contributed by atoms with van der Waals surface area (Å²) >= 11 is 5.57. The summed E-state index contributed by atoms with van der Waals surface area (Å²) in [5.74, 6) is -0.164. The number of nitrogens with zero attached hydrogens (tertiary/aromatic N) is 2. The Morgan fingerprint density at radius 3 is 2.45 bits per heavy atom. The Kier molecular flexibility index (Phi) is 10.0. The third kappa shape index (κ3) is 6.43. The molecule has 0 aliphatic carbocycles. The number of allylic oxidation sites excluding steroid dienone is 1. The van der Waals surface area contributed by atoms with Crippen molar-refractivity contribution in [1.82, 2.24) is 4.57 Å². The van der Waals surface area contributed by atoms with Crippen molar-refractivity contribution < 1.29 is 19.1 Å². The second-order valence-corrected chi connectivity index (χ2v) is 13.1. The van der Waals surface area contributed by atoms with E-state index in [2.05, 4.69) is 59.0 Å². The van der Waals surface area contributed by atoms with Crippen molar-refractivity contribution in [3.63, 3.8) is 0 Å². The third-order valence-electron chi connectivity index (χ3n) is 6.38. The number of thiazole rings is 1. The van der Waals surface area contributed by atoms with Crippen molar-refractivity contribution in [3.8, 4) is 5.75 Å². The average Bonchev–Trinajstić information content (AvgIpc) is 3.20. The van der Waals surface area contributed by atoms with Crippen LogP contribution in [0.1, 0.15) is 76.1 Å². The molecule has 0 fully saturated rings. The van der Waals surface area contributed by atoms with Crippen LogP contribution in [-0.4, -0.2) is 23.1 Å². The molecule has 40 heavy (non-hydrogen) atoms. The van der Waals surface area contributed by atoms with Gasteiger partial charge in [0.2, 0.25) is 0 Å². The van der Waals surface area contributed by atoms with Gasteiger partial charge >= 0.3 is 11.9 Å². The molecule has 0 amide bonds. The molecule has 210 valence electrons. The van der Waals surface area contributed by atoms with Crippen LogP contribution in [0.15, 0.2) is 57.5 Å². The number of carbonyl (C=O) groups is 2. The smallest absolute Gasteiger partial charge is 0.338 e. The predicted molar refractivity (Wildman–Crippen MR) is 173 cm³/mol. The summed E-state index contributed by atoms with van der Waals surface area (Å²) in [4.78, 5) is 44.6. The third-order valence-corrected chi connectivity index (χ3v) is 8.79. The van der Waals surface area contributed by atoms with Crippen molar-refractivity contribution in [2.75, 3.05) is 6.61 Å². The van der Waals surface area contributed by atoms with E-state index in [1.54, 1.807) is 17.6 Å². The van der Waals surface area contributed by atoms with Crippen LogP contribution in [0.2, 0.25) is 0 Å². The zero-order valence-electron chi connectivity index (χ0n) is 22.9. The van der Waals surface area contributed by atoms with E-state index >= 15 is 0 Å². The number of fused-ring (bicyclic) bond motifs is 1. The number of hydrogen-bond acceptors (Lipinski definition) is 7. The molecule has 0 bridgehead atoms. The minimum Gasteiger partial charge on any atom is -0.463 e. The molecule has 7 nitrogen and oxygen atoms in total. The molecule has 3 aromatic rings. The maximum atomic E-state index is 14.1. The van der Waals surface area contributed by atoms with Crippen molar-refractivity contribution in [1.29, 1.82) is 0 Å². The van der Waals surface area contributed by atoms with Crippen LogP contribution in [-0.2, 0) is 14.3 Å². The maximum Gasteiger partial charge on any atom is 0.338 e. The van der Waals surface area contributed by atoms with E-state index in [1.165, 1.54) is 18.3 Å². The fourth-order valence-corrected chi connectivity index (χ4v) is 7.59. The summed E-state index contributed by atoms with van der Waals surface area (Å²) < 4.78 is 14.7. The highest BCUT2D eigenvalue weighted by Crippen LogP contribution is 2.34. The molecule has 0 N–H and O–H groups in total. The number of ether oxygens (including phenoxy) is 2. The van der Waals surface area contributed by atoms with Gasteiger partial charge in [-0.3, -0.25) is 14.2 Å². The van der Waals surface area contributed by atoms with E-state index in [0.717, 1.165) is 24.7 Å². The molecular formula is C30H30I2N2O5S. The predicted octanol–water partition coefficient (Wildman–Crippen LogP) is 5.84. The highest BCUT2D eigenvalue weighted by atomic mass is 127. The minimum atomic E-state index is -0.677. The number of rotatable bonds is 8. The number of hydrogen-bond donors (Lipinski definition) is 0. The van der Waals surface area contributed by atoms with Gasteiger partial charge in [0, 0.05) is 16.1 Å². The first-order valence-electron chi connectivity index (χ1n) is 13.0. The van der Waals surface area contributed by atoms with Gasteiger partial charge in [-0.25, -0.2) is 9.79 Å². The maximum absolute atomic E-state index is 14.1. The summed E-state index contributed by atoms with van der Waals surface area (Å²) in [6, 6.07) is 11.1. The Morgan fingerprint density at radius 2 is 1.85 bits per heavy atom. The van der Waals surface area contributed by atoms with Gasteiger partial charge in [0.15, 0.2) is 10.6 Å². The van der Waals surface area contributed by atoms with Crippen molar-refractivity contribution >= 4 is 74.5 Å². The topological polar surface area (TPSA) is 87.0 Å². The van der Waals surface area contributed by atoms with Crippen LogP contribution in [0, 0.1) is 7.14 Å². The first kappa shape index (κ1) is 30.6. The molecule has 0 unspecified atom stereocenters. The molecule has 2 heterocycles. The number of carbonyl (C=O) groups excluding carboxylic acids is 2. The second-order valence-electron chi connectivity index (χ2n) is 9.63. The molecule has 2 aromatic carbocycles. The van der Waals surface area contributed by atoms with Crippen molar-refractivity contribution in [2.24, 2.45) is 4.99 Å². The average molecular weight is 784 g/mol. The Bertz CT molecular complexity index is 1670. The van der Waals surface area contributed by atoms with Gasteiger partial charge in [-0.15, -0.1) is 0 Å². The summed E-state index contributed by atoms with van der Waals surface area (Å²) in [7, 11) is 0. The van der Waals surface area contributed by atoms with E-state index in [0.29, 0.717) is 44.3 Å². The molecule has 4 rings (SSSR count). The monoisotopic (exact) mass is 784 g/mol. The summed E-state index contributed by atoms with van der Waals surface area (Å²) in [6.45, 7) is 9.61. The van der Waals surface area contributed by atoms with Gasteiger partial charge in [-0.05, 0) is 93.8 Å². The SMILES string of the molecule is CCCC1=C(C(=O)OCC)[C@@H](c2ccc(C(C)C)cc2)n2c(s/c(=C\c3cc(I)cc(I)c3OC(C)=O)c2=O)=N1. The fraction of sp³-hybridized carbons (Fsp3) is 0.333. The highest BCUT2D eigenvalue weighted by molar-refractivity contribution is 14.1. The van der Waals surface area contributed by atoms with E-state index < -0.39 is 18.0 Å². The molecule has 1 aromatic heterocycles. The van der Waals surface area contributed by atoms with Gasteiger partial charge < -0.3 is 9.47 Å². The van der Waals surface area contributed by atoms with Gasteiger partial charge in [-0.1, -0.05) is 62.8 Å². The lowest BCUT2D eigenvalue weighted by Crippen LogP contribution is -2.40. The molecule has 0 saturated carbocycles. The molecule has 1 aliphatic heterocycles. The first-order valence-corrected chi connectivity index (χ1v) is 16.0. The largest absolute Gasteiger partial charge is 0.463 e. The lowest BCUT2D eigenvalue weighted by Gasteiger charge is -2.26. The van der Waals surface area contributed by atoms with Crippen LogP contribution >= 0.6 is 56.5 Å². The van der Waals surface area contributed by atoms with Gasteiger partial charge in [-0.2, -0.15) is 0 Å². The van der Waals surface area contributed by atoms with Crippen molar-refractivity contribution in [3.05, 3.63) is 91.2 Å². The standard InChI is InChI=1S/C30H30I2N2O5S/c1-6-8-23-25(29(37)38-7-2)26(19-11-9-18(10-12-19)16(3)4)34-28(36)24(40-30(34)33-23)14-20-13-21(31)15-22(32)27(20)39-17(5)35/h9-16,26H,6-8H2,1-5H3/b24-14-/t26-/m1/s1. The van der Waals surface area contributed by atoms with Gasteiger partial charge in [0.25, 0.3) is 5.56 Å². The quantitative estimate of drug-likeness (QED) is 0.163. The molecule has 1 aliphatic rings. The lowest BCUT2D eigenvalue weighted by atomic mass is 9.92.